The third-order valence-corrected chi connectivity index (χ3v) is 2.40. The quantitative estimate of drug-likeness (QED) is 0.514. The number of carbonyl (C=O) groups is 1. The van der Waals surface area contributed by atoms with Crippen molar-refractivity contribution in [2.75, 3.05) is 7.11 Å². The average molecular weight is 199 g/mol. The predicted molar refractivity (Wildman–Crippen MR) is 54.0 cm³/mol. The number of nitrogens with zero attached hydrogens (tertiary/aromatic N) is 1. The molecule has 0 aromatic carbocycles. The summed E-state index contributed by atoms with van der Waals surface area (Å²) < 4.78 is 5.28. The van der Waals surface area contributed by atoms with Crippen LogP contribution in [0.2, 0.25) is 0 Å². The van der Waals surface area contributed by atoms with Crippen LogP contribution >= 0.6 is 0 Å². The second-order valence-electron chi connectivity index (χ2n) is 3.44. The van der Waals surface area contributed by atoms with Gasteiger partial charge in [0.25, 0.3) is 0 Å². The number of carbonyl (C=O) groups excluding carboxylic acids is 1. The van der Waals surface area contributed by atoms with Gasteiger partial charge >= 0.3 is 6.03 Å². The first-order valence-electron chi connectivity index (χ1n) is 4.86. The Morgan fingerprint density at radius 1 is 1.57 bits per heavy atom. The molecule has 0 aliphatic heterocycles. The molecule has 1 aliphatic carbocycles. The number of primary amides is 1. The lowest BCUT2D eigenvalue weighted by Gasteiger charge is -2.09. The Morgan fingerprint density at radius 3 is 3.00 bits per heavy atom. The molecule has 1 fully saturated rings. The van der Waals surface area contributed by atoms with Gasteiger partial charge in [0.15, 0.2) is 0 Å². The molecule has 0 saturated heterocycles. The highest BCUT2D eigenvalue weighted by atomic mass is 16.5. The number of hydrogen-bond acceptors (Lipinski definition) is 3. The molecule has 0 heterocycles. The van der Waals surface area contributed by atoms with Crippen molar-refractivity contribution in [3.63, 3.8) is 0 Å². The zero-order chi connectivity index (χ0) is 10.4. The smallest absolute Gasteiger partial charge is 0.332 e. The standard InChI is InChI=1S/C9H17N3O2/c1-14-8-4-2-3-7(5-6-8)11-12-9(10)13/h8H,2-6H2,1H3,(H3,10,12,13)/b11-7+. The zero-order valence-electron chi connectivity index (χ0n) is 8.45. The zero-order valence-corrected chi connectivity index (χ0v) is 8.45. The van der Waals surface area contributed by atoms with E-state index in [-0.39, 0.29) is 0 Å². The molecule has 2 amide bonds. The minimum absolute atomic E-state index is 0.330. The number of rotatable bonds is 2. The Kier molecular flexibility index (Phi) is 4.39. The summed E-state index contributed by atoms with van der Waals surface area (Å²) in [5.74, 6) is 0. The summed E-state index contributed by atoms with van der Waals surface area (Å²) in [5.41, 5.74) is 8.19. The highest BCUT2D eigenvalue weighted by Crippen LogP contribution is 2.17. The molecule has 3 N–H and O–H groups in total. The second kappa shape index (κ2) is 5.59. The SMILES string of the molecule is COC1CCC/C(=N\NC(N)=O)CC1. The molecular weight excluding hydrogens is 182 g/mol. The van der Waals surface area contributed by atoms with E-state index in [9.17, 15) is 4.79 Å². The summed E-state index contributed by atoms with van der Waals surface area (Å²) >= 11 is 0. The first-order chi connectivity index (χ1) is 6.72. The van der Waals surface area contributed by atoms with E-state index in [0.29, 0.717) is 6.10 Å². The second-order valence-corrected chi connectivity index (χ2v) is 3.44. The lowest BCUT2D eigenvalue weighted by Crippen LogP contribution is -2.25. The van der Waals surface area contributed by atoms with Gasteiger partial charge in [-0.3, -0.25) is 0 Å². The van der Waals surface area contributed by atoms with E-state index in [1.165, 1.54) is 0 Å². The van der Waals surface area contributed by atoms with Crippen LogP contribution in [0.25, 0.3) is 0 Å². The number of hydrazone groups is 1. The maximum Gasteiger partial charge on any atom is 0.332 e. The number of urea groups is 1. The van der Waals surface area contributed by atoms with E-state index in [4.69, 9.17) is 10.5 Å². The van der Waals surface area contributed by atoms with Crippen LogP contribution in [0.1, 0.15) is 32.1 Å². The summed E-state index contributed by atoms with van der Waals surface area (Å²) in [7, 11) is 1.73. The maximum absolute atomic E-state index is 10.4. The molecular formula is C9H17N3O2. The lowest BCUT2D eigenvalue weighted by atomic mass is 10.1. The molecule has 0 aromatic heterocycles. The molecule has 0 bridgehead atoms. The molecule has 80 valence electrons. The molecule has 0 aromatic rings. The van der Waals surface area contributed by atoms with Crippen LogP contribution < -0.4 is 11.2 Å². The largest absolute Gasteiger partial charge is 0.381 e. The van der Waals surface area contributed by atoms with Crippen LogP contribution in [0.4, 0.5) is 4.79 Å². The van der Waals surface area contributed by atoms with Gasteiger partial charge in [-0.1, -0.05) is 0 Å². The fraction of sp³-hybridized carbons (Fsp3) is 0.778. The number of nitrogens with two attached hydrogens (primary N) is 1. The molecule has 0 spiro atoms. The van der Waals surface area contributed by atoms with Gasteiger partial charge in [0.2, 0.25) is 0 Å². The maximum atomic E-state index is 10.4. The summed E-state index contributed by atoms with van der Waals surface area (Å²) in [6.07, 6.45) is 5.20. The summed E-state index contributed by atoms with van der Waals surface area (Å²) in [4.78, 5) is 10.4. The lowest BCUT2D eigenvalue weighted by molar-refractivity contribution is 0.0910. The average Bonchev–Trinajstić information content (AvgIpc) is 2.39. The van der Waals surface area contributed by atoms with Crippen LogP contribution in [0.3, 0.4) is 0 Å². The van der Waals surface area contributed by atoms with E-state index < -0.39 is 6.03 Å². The van der Waals surface area contributed by atoms with Crippen molar-refractivity contribution in [2.24, 2.45) is 10.8 Å². The minimum atomic E-state index is -0.606. The molecule has 14 heavy (non-hydrogen) atoms. The number of amides is 2. The Balaban J connectivity index is 2.41. The third kappa shape index (κ3) is 3.74. The van der Waals surface area contributed by atoms with Crippen LogP contribution in [0.5, 0.6) is 0 Å². The molecule has 5 nitrogen and oxygen atoms in total. The van der Waals surface area contributed by atoms with E-state index in [2.05, 4.69) is 10.5 Å². The van der Waals surface area contributed by atoms with Crippen LogP contribution in [-0.4, -0.2) is 25.0 Å². The van der Waals surface area contributed by atoms with Crippen LogP contribution in [0.15, 0.2) is 5.10 Å². The van der Waals surface area contributed by atoms with Crippen molar-refractivity contribution >= 4 is 11.7 Å². The normalized spacial score (nSPS) is 25.8. The van der Waals surface area contributed by atoms with Gasteiger partial charge < -0.3 is 10.5 Å². The van der Waals surface area contributed by atoms with Gasteiger partial charge in [-0.15, -0.1) is 0 Å². The van der Waals surface area contributed by atoms with Crippen molar-refractivity contribution in [2.45, 2.75) is 38.2 Å². The molecule has 1 rings (SSSR count). The van der Waals surface area contributed by atoms with Crippen molar-refractivity contribution < 1.29 is 9.53 Å². The van der Waals surface area contributed by atoms with Gasteiger partial charge in [0.05, 0.1) is 6.10 Å². The van der Waals surface area contributed by atoms with Gasteiger partial charge in [-0.25, -0.2) is 10.2 Å². The molecule has 5 heteroatoms. The highest BCUT2D eigenvalue weighted by molar-refractivity contribution is 5.86. The van der Waals surface area contributed by atoms with Crippen molar-refractivity contribution in [3.8, 4) is 0 Å². The number of nitrogens with one attached hydrogen (secondary N) is 1. The van der Waals surface area contributed by atoms with Gasteiger partial charge in [-0.05, 0) is 32.1 Å². The first kappa shape index (κ1) is 11.0. The fourth-order valence-corrected chi connectivity index (χ4v) is 1.61. The Hall–Kier alpha value is -1.10. The van der Waals surface area contributed by atoms with Crippen molar-refractivity contribution in [1.82, 2.24) is 5.43 Å². The van der Waals surface area contributed by atoms with Crippen molar-refractivity contribution in [1.29, 1.82) is 0 Å². The fourth-order valence-electron chi connectivity index (χ4n) is 1.61. The van der Waals surface area contributed by atoms with Crippen LogP contribution in [-0.2, 0) is 4.74 Å². The minimum Gasteiger partial charge on any atom is -0.381 e. The first-order valence-corrected chi connectivity index (χ1v) is 4.86. The van der Waals surface area contributed by atoms with Crippen LogP contribution in [0, 0.1) is 0 Å². The topological polar surface area (TPSA) is 76.7 Å². The number of methoxy groups -OCH3 is 1. The summed E-state index contributed by atoms with van der Waals surface area (Å²) in [5, 5.41) is 3.95. The number of hydrogen-bond donors (Lipinski definition) is 2. The van der Waals surface area contributed by atoms with Gasteiger partial charge in [0.1, 0.15) is 0 Å². The van der Waals surface area contributed by atoms with Gasteiger partial charge in [0, 0.05) is 12.8 Å². The molecule has 0 radical (unpaired) electrons. The molecule has 1 saturated carbocycles. The van der Waals surface area contributed by atoms with Crippen molar-refractivity contribution in [3.05, 3.63) is 0 Å². The summed E-state index contributed by atoms with van der Waals surface area (Å²) in [6.45, 7) is 0. The highest BCUT2D eigenvalue weighted by Gasteiger charge is 2.14. The van der Waals surface area contributed by atoms with E-state index in [1.54, 1.807) is 7.11 Å². The third-order valence-electron chi connectivity index (χ3n) is 2.40. The number of ether oxygens (including phenoxy) is 1. The summed E-state index contributed by atoms with van der Waals surface area (Å²) in [6, 6.07) is -0.606. The monoisotopic (exact) mass is 199 g/mol. The van der Waals surface area contributed by atoms with E-state index >= 15 is 0 Å². The van der Waals surface area contributed by atoms with Gasteiger partial charge in [-0.2, -0.15) is 5.10 Å². The Bertz CT molecular complexity index is 228. The molecule has 1 unspecified atom stereocenters. The van der Waals surface area contributed by atoms with E-state index in [1.807, 2.05) is 0 Å². The van der Waals surface area contributed by atoms with E-state index in [0.717, 1.165) is 37.8 Å². The Morgan fingerprint density at radius 2 is 2.36 bits per heavy atom. The molecule has 1 aliphatic rings. The Labute approximate surface area is 83.7 Å². The molecule has 1 atom stereocenters. The predicted octanol–water partition coefficient (Wildman–Crippen LogP) is 0.990.